The van der Waals surface area contributed by atoms with Crippen LogP contribution in [0.5, 0.6) is 0 Å². The van der Waals surface area contributed by atoms with Crippen LogP contribution >= 0.6 is 11.6 Å². The van der Waals surface area contributed by atoms with E-state index in [-0.39, 0.29) is 12.2 Å². The van der Waals surface area contributed by atoms with Gasteiger partial charge in [-0.15, -0.1) is 0 Å². The Kier molecular flexibility index (Phi) is 4.15. The van der Waals surface area contributed by atoms with E-state index in [0.29, 0.717) is 29.5 Å². The molecule has 3 rings (SSSR count). The quantitative estimate of drug-likeness (QED) is 0.947. The summed E-state index contributed by atoms with van der Waals surface area (Å²) >= 11 is 5.94. The number of amides is 1. The number of ether oxygens (including phenoxy) is 2. The minimum Gasteiger partial charge on any atom is -0.346 e. The lowest BCUT2D eigenvalue weighted by Gasteiger charge is -2.11. The number of anilines is 1. The minimum atomic E-state index is -0.315. The van der Waals surface area contributed by atoms with Gasteiger partial charge in [-0.25, -0.2) is 0 Å². The van der Waals surface area contributed by atoms with E-state index < -0.39 is 0 Å². The maximum absolute atomic E-state index is 12.1. The molecule has 2 aromatic rings. The maximum Gasteiger partial charge on any atom is 0.257 e. The number of benzene rings is 1. The molecule has 0 saturated carbocycles. The predicted molar refractivity (Wildman–Crippen MR) is 78.3 cm³/mol. The van der Waals surface area contributed by atoms with Crippen LogP contribution in [0.4, 0.5) is 5.69 Å². The molecule has 21 heavy (non-hydrogen) atoms. The van der Waals surface area contributed by atoms with Crippen LogP contribution in [-0.2, 0) is 9.47 Å². The molecular weight excluding hydrogens is 292 g/mol. The highest BCUT2D eigenvalue weighted by atomic mass is 35.5. The second kappa shape index (κ2) is 6.22. The Hall–Kier alpha value is -1.95. The Balaban J connectivity index is 1.70. The smallest absolute Gasteiger partial charge is 0.257 e. The molecule has 5 nitrogen and oxygen atoms in total. The number of nitrogens with one attached hydrogen (secondary N) is 1. The summed E-state index contributed by atoms with van der Waals surface area (Å²) in [4.78, 5) is 16.0. The van der Waals surface area contributed by atoms with Crippen LogP contribution in [0.25, 0.3) is 0 Å². The Morgan fingerprint density at radius 2 is 1.90 bits per heavy atom. The molecule has 0 bridgehead atoms. The molecule has 1 fully saturated rings. The molecule has 1 aromatic heterocycles. The van der Waals surface area contributed by atoms with Crippen molar-refractivity contribution in [1.82, 2.24) is 4.98 Å². The van der Waals surface area contributed by atoms with E-state index in [2.05, 4.69) is 10.3 Å². The van der Waals surface area contributed by atoms with Crippen molar-refractivity contribution in [1.29, 1.82) is 0 Å². The van der Waals surface area contributed by atoms with Gasteiger partial charge in [-0.2, -0.15) is 0 Å². The molecule has 1 amide bonds. The van der Waals surface area contributed by atoms with E-state index >= 15 is 0 Å². The van der Waals surface area contributed by atoms with Gasteiger partial charge >= 0.3 is 0 Å². The summed E-state index contributed by atoms with van der Waals surface area (Å²) in [7, 11) is 0. The number of hydrogen-bond donors (Lipinski definition) is 1. The average Bonchev–Trinajstić information content (AvgIpc) is 3.02. The van der Waals surface area contributed by atoms with Crippen molar-refractivity contribution in [2.75, 3.05) is 18.5 Å². The third-order valence-corrected chi connectivity index (χ3v) is 3.38. The lowest BCUT2D eigenvalue weighted by atomic mass is 10.2. The van der Waals surface area contributed by atoms with E-state index in [1.807, 2.05) is 12.1 Å². The van der Waals surface area contributed by atoms with Crippen molar-refractivity contribution in [3.05, 3.63) is 58.9 Å². The SMILES string of the molecule is O=C(Nc1ccc(C2OCCO2)cc1)c1ccncc1Cl. The lowest BCUT2D eigenvalue weighted by molar-refractivity contribution is -0.0441. The van der Waals surface area contributed by atoms with Crippen LogP contribution in [-0.4, -0.2) is 24.1 Å². The van der Waals surface area contributed by atoms with Crippen LogP contribution in [0.3, 0.4) is 0 Å². The summed E-state index contributed by atoms with van der Waals surface area (Å²) in [6, 6.07) is 8.90. The van der Waals surface area contributed by atoms with E-state index in [1.165, 1.54) is 12.4 Å². The Morgan fingerprint density at radius 1 is 1.19 bits per heavy atom. The van der Waals surface area contributed by atoms with Crippen molar-refractivity contribution in [3.8, 4) is 0 Å². The summed E-state index contributed by atoms with van der Waals surface area (Å²) in [6.07, 6.45) is 2.65. The van der Waals surface area contributed by atoms with Crippen molar-refractivity contribution < 1.29 is 14.3 Å². The Morgan fingerprint density at radius 3 is 2.57 bits per heavy atom. The highest BCUT2D eigenvalue weighted by Crippen LogP contribution is 2.24. The van der Waals surface area contributed by atoms with E-state index in [9.17, 15) is 4.79 Å². The molecule has 0 radical (unpaired) electrons. The monoisotopic (exact) mass is 304 g/mol. The van der Waals surface area contributed by atoms with E-state index in [0.717, 1.165) is 5.56 Å². The van der Waals surface area contributed by atoms with Gasteiger partial charge in [-0.05, 0) is 18.2 Å². The first-order valence-corrected chi connectivity index (χ1v) is 6.86. The minimum absolute atomic E-state index is 0.275. The molecule has 2 heterocycles. The molecule has 6 heteroatoms. The van der Waals surface area contributed by atoms with Gasteiger partial charge in [0.15, 0.2) is 6.29 Å². The van der Waals surface area contributed by atoms with Crippen LogP contribution in [0.1, 0.15) is 22.2 Å². The highest BCUT2D eigenvalue weighted by Gasteiger charge is 2.18. The molecule has 0 aliphatic carbocycles. The fourth-order valence-electron chi connectivity index (χ4n) is 2.03. The Labute approximate surface area is 126 Å². The van der Waals surface area contributed by atoms with Gasteiger partial charge in [-0.3, -0.25) is 9.78 Å². The second-order valence-corrected chi connectivity index (χ2v) is 4.91. The summed E-state index contributed by atoms with van der Waals surface area (Å²) in [5, 5.41) is 3.10. The number of nitrogens with zero attached hydrogens (tertiary/aromatic N) is 1. The number of aromatic nitrogens is 1. The zero-order valence-corrected chi connectivity index (χ0v) is 11.8. The van der Waals surface area contributed by atoms with E-state index in [4.69, 9.17) is 21.1 Å². The second-order valence-electron chi connectivity index (χ2n) is 4.51. The third-order valence-electron chi connectivity index (χ3n) is 3.08. The summed E-state index contributed by atoms with van der Waals surface area (Å²) in [5.74, 6) is -0.275. The number of hydrogen-bond acceptors (Lipinski definition) is 4. The lowest BCUT2D eigenvalue weighted by Crippen LogP contribution is -2.12. The number of halogens is 1. The largest absolute Gasteiger partial charge is 0.346 e. The van der Waals surface area contributed by atoms with Crippen molar-refractivity contribution in [2.24, 2.45) is 0 Å². The molecule has 1 aliphatic heterocycles. The van der Waals surface area contributed by atoms with E-state index in [1.54, 1.807) is 18.2 Å². The number of carbonyl (C=O) groups excluding carboxylic acids is 1. The standard InChI is InChI=1S/C15H13ClN2O3/c16-13-9-17-6-5-12(13)14(19)18-11-3-1-10(2-4-11)15-20-7-8-21-15/h1-6,9,15H,7-8H2,(H,18,19). The zero-order chi connectivity index (χ0) is 14.7. The van der Waals surface area contributed by atoms with Crippen LogP contribution in [0.15, 0.2) is 42.7 Å². The third kappa shape index (κ3) is 3.21. The fraction of sp³-hybridized carbons (Fsp3) is 0.200. The number of rotatable bonds is 3. The van der Waals surface area contributed by atoms with Crippen molar-refractivity contribution in [2.45, 2.75) is 6.29 Å². The molecule has 0 atom stereocenters. The number of pyridine rings is 1. The molecule has 1 saturated heterocycles. The first-order valence-electron chi connectivity index (χ1n) is 6.48. The molecule has 0 spiro atoms. The molecule has 1 aromatic carbocycles. The van der Waals surface area contributed by atoms with Crippen molar-refractivity contribution >= 4 is 23.2 Å². The van der Waals surface area contributed by atoms with Gasteiger partial charge in [0.05, 0.1) is 23.8 Å². The van der Waals surface area contributed by atoms with Crippen LogP contribution in [0, 0.1) is 0 Å². The molecule has 108 valence electrons. The van der Waals surface area contributed by atoms with Gasteiger partial charge in [0.1, 0.15) is 0 Å². The van der Waals surface area contributed by atoms with Gasteiger partial charge in [-0.1, -0.05) is 23.7 Å². The Bertz CT molecular complexity index is 640. The first kappa shape index (κ1) is 14.0. The predicted octanol–water partition coefficient (Wildman–Crippen LogP) is 3.03. The van der Waals surface area contributed by atoms with Crippen LogP contribution < -0.4 is 5.32 Å². The summed E-state index contributed by atoms with van der Waals surface area (Å²) in [6.45, 7) is 1.20. The number of carbonyl (C=O) groups is 1. The normalized spacial score (nSPS) is 15.1. The van der Waals surface area contributed by atoms with Gasteiger partial charge in [0, 0.05) is 23.6 Å². The molecule has 0 unspecified atom stereocenters. The van der Waals surface area contributed by atoms with Crippen molar-refractivity contribution in [3.63, 3.8) is 0 Å². The highest BCUT2D eigenvalue weighted by molar-refractivity contribution is 6.34. The summed E-state index contributed by atoms with van der Waals surface area (Å²) in [5.41, 5.74) is 1.99. The summed E-state index contributed by atoms with van der Waals surface area (Å²) < 4.78 is 10.8. The molecule has 1 aliphatic rings. The topological polar surface area (TPSA) is 60.5 Å². The van der Waals surface area contributed by atoms with Gasteiger partial charge in [0.25, 0.3) is 5.91 Å². The fourth-order valence-corrected chi connectivity index (χ4v) is 2.24. The first-order chi connectivity index (χ1) is 10.2. The molecular formula is C15H13ClN2O3. The molecule has 1 N–H and O–H groups in total. The average molecular weight is 305 g/mol. The van der Waals surface area contributed by atoms with Crippen LogP contribution in [0.2, 0.25) is 5.02 Å². The maximum atomic E-state index is 12.1. The van der Waals surface area contributed by atoms with Gasteiger partial charge < -0.3 is 14.8 Å². The zero-order valence-electron chi connectivity index (χ0n) is 11.1. The van der Waals surface area contributed by atoms with Gasteiger partial charge in [0.2, 0.25) is 0 Å².